The Balaban J connectivity index is 0.00000253. The van der Waals surface area contributed by atoms with Gasteiger partial charge in [0.25, 0.3) is 0 Å². The molecule has 0 aromatic heterocycles. The molecule has 0 spiro atoms. The number of aliphatic hydroxyl groups excluding tert-OH is 2. The Morgan fingerprint density at radius 1 is 1.18 bits per heavy atom. The van der Waals surface area contributed by atoms with Crippen molar-refractivity contribution in [2.75, 3.05) is 6.61 Å². The zero-order valence-corrected chi connectivity index (χ0v) is 21.8. The molecule has 0 amide bonds. The quantitative estimate of drug-likeness (QED) is 0.215. The molecule has 16 heteroatoms. The van der Waals surface area contributed by atoms with Gasteiger partial charge < -0.3 is 24.9 Å². The summed E-state index contributed by atoms with van der Waals surface area (Å²) in [7, 11) is -11.1. The van der Waals surface area contributed by atoms with E-state index in [2.05, 4.69) is 4.31 Å². The van der Waals surface area contributed by atoms with Gasteiger partial charge in [-0.15, -0.1) is 0 Å². The van der Waals surface area contributed by atoms with Crippen LogP contribution in [0.2, 0.25) is 0 Å². The molecule has 4 rings (SSSR count). The second-order valence-corrected chi connectivity index (χ2v) is 13.6. The number of rotatable bonds is 6. The summed E-state index contributed by atoms with van der Waals surface area (Å²) in [6.07, 6.45) is 2.60. The fraction of sp³-hybridized carbons (Fsp3) is 0.727. The van der Waals surface area contributed by atoms with Crippen LogP contribution >= 0.6 is 15.6 Å². The molecular weight excluding hydrogens is 567 g/mol. The summed E-state index contributed by atoms with van der Waals surface area (Å²) in [6.45, 7) is 3.45. The molecule has 0 saturated heterocycles. The number of hydrogen-bond acceptors (Lipinski definition) is 8. The third-order valence-electron chi connectivity index (χ3n) is 9.21. The van der Waals surface area contributed by atoms with E-state index in [9.17, 15) is 33.8 Å². The molecular formula is C22H33FNa2O11P2. The van der Waals surface area contributed by atoms with Crippen LogP contribution in [0.1, 0.15) is 46.5 Å². The van der Waals surface area contributed by atoms with E-state index in [0.717, 1.165) is 0 Å². The number of alkyl halides is 1. The molecule has 38 heavy (non-hydrogen) atoms. The normalized spacial score (nSPS) is 43.4. The maximum atomic E-state index is 17.2. The van der Waals surface area contributed by atoms with Crippen molar-refractivity contribution in [1.29, 1.82) is 0 Å². The van der Waals surface area contributed by atoms with E-state index in [1.807, 2.05) is 0 Å². The Labute approximate surface area is 264 Å². The van der Waals surface area contributed by atoms with Gasteiger partial charge in [-0.1, -0.05) is 25.5 Å². The molecule has 3 fully saturated rings. The van der Waals surface area contributed by atoms with Gasteiger partial charge in [-0.05, 0) is 56.6 Å². The van der Waals surface area contributed by atoms with Gasteiger partial charge in [-0.2, -0.15) is 4.31 Å². The monoisotopic (exact) mass is 600 g/mol. The van der Waals surface area contributed by atoms with Crippen LogP contribution in [-0.2, 0) is 27.6 Å². The summed E-state index contributed by atoms with van der Waals surface area (Å²) < 4.78 is 50.4. The van der Waals surface area contributed by atoms with Crippen molar-refractivity contribution in [2.24, 2.45) is 28.6 Å². The van der Waals surface area contributed by atoms with Crippen LogP contribution in [-0.4, -0.2) is 120 Å². The zero-order valence-electron chi connectivity index (χ0n) is 20.0. The number of halogens is 1. The Morgan fingerprint density at radius 2 is 1.79 bits per heavy atom. The first-order valence-corrected chi connectivity index (χ1v) is 14.7. The van der Waals surface area contributed by atoms with Crippen molar-refractivity contribution in [3.8, 4) is 0 Å². The molecule has 0 heterocycles. The average Bonchev–Trinajstić information content (AvgIpc) is 2.94. The van der Waals surface area contributed by atoms with Crippen LogP contribution in [0.15, 0.2) is 23.8 Å². The molecule has 0 aliphatic heterocycles. The van der Waals surface area contributed by atoms with Crippen molar-refractivity contribution in [1.82, 2.24) is 0 Å². The summed E-state index contributed by atoms with van der Waals surface area (Å²) in [5, 5.41) is 21.2. The van der Waals surface area contributed by atoms with Gasteiger partial charge >= 0.3 is 74.8 Å². The standard InChI is InChI=1S/C22H31FO11P2.2Na.2H/c1-12-8-16-15-5-4-13-9-14(25)6-7-19(13,2)21(15,23)17(26)10-20(16,3)22(12,18(27)11-24)33-36(31,32)34-35(28,29)30;;;;/h6-7,9,12,15-17,24,26H,4-5,8,10-11H2,1-3H3,(H,31,32)(H2,28,29,30);;;;/t12-,15-,16-,17-,19-,20-,21-,22-;;;;/m0..../s1. The van der Waals surface area contributed by atoms with Crippen molar-refractivity contribution < 1.29 is 56.8 Å². The number of phosphoric acid groups is 2. The maximum absolute atomic E-state index is 17.2. The van der Waals surface area contributed by atoms with Gasteiger partial charge in [0.1, 0.15) is 12.2 Å². The number of Topliss-reactive ketones (excluding diaryl/α,β-unsaturated/α-hetero) is 1. The van der Waals surface area contributed by atoms with Crippen molar-refractivity contribution >= 4 is 86.3 Å². The summed E-state index contributed by atoms with van der Waals surface area (Å²) in [5.41, 5.74) is -6.84. The van der Waals surface area contributed by atoms with Gasteiger partial charge in [0.15, 0.2) is 17.2 Å². The van der Waals surface area contributed by atoms with E-state index in [0.29, 0.717) is 12.0 Å². The first kappa shape index (κ1) is 35.1. The molecule has 11 nitrogen and oxygen atoms in total. The molecule has 0 aromatic rings. The van der Waals surface area contributed by atoms with Crippen LogP contribution in [0.5, 0.6) is 0 Å². The first-order valence-electron chi connectivity index (χ1n) is 11.6. The summed E-state index contributed by atoms with van der Waals surface area (Å²) in [4.78, 5) is 53.6. The van der Waals surface area contributed by atoms with Crippen molar-refractivity contribution in [3.63, 3.8) is 0 Å². The van der Waals surface area contributed by atoms with Crippen LogP contribution < -0.4 is 0 Å². The predicted molar refractivity (Wildman–Crippen MR) is 136 cm³/mol. The van der Waals surface area contributed by atoms with Gasteiger partial charge in [0, 0.05) is 16.7 Å². The molecule has 0 radical (unpaired) electrons. The predicted octanol–water partition coefficient (Wildman–Crippen LogP) is 0.833. The molecule has 4 aliphatic carbocycles. The fourth-order valence-electron chi connectivity index (χ4n) is 7.82. The number of hydrogen-bond donors (Lipinski definition) is 5. The van der Waals surface area contributed by atoms with E-state index in [1.54, 1.807) is 6.92 Å². The van der Waals surface area contributed by atoms with Crippen LogP contribution in [0.4, 0.5) is 4.39 Å². The first-order chi connectivity index (χ1) is 16.4. The number of ketones is 2. The zero-order chi connectivity index (χ0) is 27.1. The molecule has 5 N–H and O–H groups in total. The van der Waals surface area contributed by atoms with Crippen LogP contribution in [0, 0.1) is 28.6 Å². The molecule has 9 atom stereocenters. The Morgan fingerprint density at radius 3 is 2.34 bits per heavy atom. The molecule has 0 bridgehead atoms. The van der Waals surface area contributed by atoms with E-state index in [-0.39, 0.29) is 77.7 Å². The Kier molecular flexibility index (Phi) is 10.4. The average molecular weight is 600 g/mol. The van der Waals surface area contributed by atoms with Crippen molar-refractivity contribution in [3.05, 3.63) is 23.8 Å². The number of phosphoric ester groups is 1. The van der Waals surface area contributed by atoms with Crippen molar-refractivity contribution in [2.45, 2.75) is 63.8 Å². The van der Waals surface area contributed by atoms with Crippen LogP contribution in [0.3, 0.4) is 0 Å². The van der Waals surface area contributed by atoms with Gasteiger partial charge in [0.05, 0.1) is 6.10 Å². The number of allylic oxidation sites excluding steroid dienone is 4. The Bertz CT molecular complexity index is 1160. The molecule has 3 saturated carbocycles. The van der Waals surface area contributed by atoms with Gasteiger partial charge in [0.2, 0.25) is 0 Å². The Hall–Kier alpha value is 0.930. The number of carbonyl (C=O) groups is 2. The SMILES string of the molecule is C[C@H]1C[C@H]2[C@@H]3CCC4=CC(=O)C=C[C@]4(C)[C@@]3(F)[C@@H](O)C[C@]2(C)[C@@]1(OP(=O)(O)OP(=O)(O)O)C(=O)CO.[NaH].[NaH]. The molecule has 4 aliphatic rings. The fourth-order valence-corrected chi connectivity index (χ4v) is 9.88. The number of aliphatic hydroxyl groups is 2. The number of carbonyl (C=O) groups excluding carboxylic acids is 2. The minimum atomic E-state index is -5.58. The number of fused-ring (bicyclic) bond motifs is 5. The van der Waals surface area contributed by atoms with E-state index >= 15 is 4.39 Å². The molecule has 0 aromatic carbocycles. The van der Waals surface area contributed by atoms with E-state index in [1.165, 1.54) is 32.1 Å². The van der Waals surface area contributed by atoms with Gasteiger partial charge in [-0.25, -0.2) is 13.5 Å². The van der Waals surface area contributed by atoms with Crippen LogP contribution in [0.25, 0.3) is 0 Å². The summed E-state index contributed by atoms with van der Waals surface area (Å²) >= 11 is 0. The van der Waals surface area contributed by atoms with E-state index in [4.69, 9.17) is 14.3 Å². The minimum absolute atomic E-state index is 0. The third-order valence-corrected chi connectivity index (χ3v) is 11.4. The summed E-state index contributed by atoms with van der Waals surface area (Å²) in [5.74, 6) is -3.81. The topological polar surface area (TPSA) is 188 Å². The summed E-state index contributed by atoms with van der Waals surface area (Å²) in [6, 6.07) is 0. The van der Waals surface area contributed by atoms with Gasteiger partial charge in [-0.3, -0.25) is 14.1 Å². The molecule has 1 unspecified atom stereocenters. The molecule has 206 valence electrons. The van der Waals surface area contributed by atoms with E-state index < -0.39 is 80.4 Å². The second kappa shape index (κ2) is 11.2. The second-order valence-electron chi connectivity index (χ2n) is 10.9. The third kappa shape index (κ3) is 5.07.